The summed E-state index contributed by atoms with van der Waals surface area (Å²) >= 11 is 6.72. The number of hydrogen-bond donors (Lipinski definition) is 0. The van der Waals surface area contributed by atoms with E-state index in [0.29, 0.717) is 21.8 Å². The van der Waals surface area contributed by atoms with Crippen molar-refractivity contribution in [3.8, 4) is 0 Å². The molecule has 0 amide bonds. The summed E-state index contributed by atoms with van der Waals surface area (Å²) in [6.07, 6.45) is 0. The average molecular weight is 754 g/mol. The lowest BCUT2D eigenvalue weighted by atomic mass is 10.1. The molecule has 2 aromatic heterocycles. The Balaban J connectivity index is 0.000000181. The quantitative estimate of drug-likeness (QED) is 0.208. The van der Waals surface area contributed by atoms with E-state index < -0.39 is 46.2 Å². The van der Waals surface area contributed by atoms with Crippen molar-refractivity contribution in [2.75, 3.05) is 0 Å². The Bertz CT molecular complexity index is 2180. The Kier molecular flexibility index (Phi) is 9.41. The molecule has 0 fully saturated rings. The first-order valence-corrected chi connectivity index (χ1v) is 15.7. The molecule has 2 atom stereocenters. The molecule has 2 unspecified atom stereocenters. The number of fused-ring (bicyclic) bond motifs is 2. The van der Waals surface area contributed by atoms with Gasteiger partial charge in [-0.15, -0.1) is 0 Å². The third-order valence-corrected chi connectivity index (χ3v) is 9.06. The number of nitrogens with zero attached hydrogens (tertiary/aromatic N) is 4. The molecule has 0 N–H and O–H groups in total. The molecule has 4 aromatic carbocycles. The minimum absolute atomic E-state index is 0.291. The van der Waals surface area contributed by atoms with Gasteiger partial charge in [-0.3, -0.25) is 27.9 Å². The number of halogens is 4. The summed E-state index contributed by atoms with van der Waals surface area (Å²) in [5.74, 6) is -0.962. The first-order valence-electron chi connectivity index (χ1n) is 14.1. The van der Waals surface area contributed by atoms with Crippen molar-refractivity contribution >= 4 is 53.7 Å². The molecule has 2 heterocycles. The molecular weight excluding hydrogens is 726 g/mol. The van der Waals surface area contributed by atoms with Gasteiger partial charge in [0.15, 0.2) is 0 Å². The van der Waals surface area contributed by atoms with Crippen LogP contribution in [0.3, 0.4) is 0 Å². The number of benzene rings is 4. The third kappa shape index (κ3) is 6.19. The van der Waals surface area contributed by atoms with Gasteiger partial charge in [-0.2, -0.15) is 0 Å². The standard InChI is InChI=1S/2C17H14BrFN2O2/c2*1-10(11-3-5-12(18)6-4-11)21-16(22)14-8-7-13(19)9-15(14)20(2)17(21)23/h2*3-10H,1-2H3. The van der Waals surface area contributed by atoms with Crippen molar-refractivity contribution in [1.29, 1.82) is 0 Å². The molecule has 0 aliphatic rings. The second kappa shape index (κ2) is 13.1. The van der Waals surface area contributed by atoms with Crippen LogP contribution < -0.4 is 22.5 Å². The Morgan fingerprint density at radius 3 is 1.20 bits per heavy atom. The molecule has 8 nitrogen and oxygen atoms in total. The maximum atomic E-state index is 13.4. The monoisotopic (exact) mass is 752 g/mol. The summed E-state index contributed by atoms with van der Waals surface area (Å²) < 4.78 is 33.7. The van der Waals surface area contributed by atoms with Crippen molar-refractivity contribution in [3.05, 3.63) is 158 Å². The molecule has 0 radical (unpaired) electrons. The lowest BCUT2D eigenvalue weighted by Crippen LogP contribution is -2.41. The lowest BCUT2D eigenvalue weighted by Gasteiger charge is -2.17. The largest absolute Gasteiger partial charge is 0.331 e. The van der Waals surface area contributed by atoms with Crippen molar-refractivity contribution < 1.29 is 8.78 Å². The maximum absolute atomic E-state index is 13.4. The molecular formula is C34H28Br2F2N4O4. The van der Waals surface area contributed by atoms with Crippen LogP contribution in [0.1, 0.15) is 37.1 Å². The van der Waals surface area contributed by atoms with Crippen molar-refractivity contribution in [3.63, 3.8) is 0 Å². The Hall–Kier alpha value is -4.42. The maximum Gasteiger partial charge on any atom is 0.331 e. The molecule has 236 valence electrons. The topological polar surface area (TPSA) is 88.0 Å². The number of rotatable bonds is 4. The SMILES string of the molecule is CC(c1ccc(Br)cc1)n1c(=O)c2ccc(F)cc2n(C)c1=O.CC(c1ccc(Br)cc1)n1c(=O)c2ccc(F)cc2n(C)c1=O. The zero-order valence-corrected chi connectivity index (χ0v) is 28.3. The summed E-state index contributed by atoms with van der Waals surface area (Å²) in [6.45, 7) is 3.59. The second-order valence-corrected chi connectivity index (χ2v) is 12.6. The van der Waals surface area contributed by atoms with Crippen LogP contribution >= 0.6 is 31.9 Å². The van der Waals surface area contributed by atoms with Crippen LogP contribution in [0, 0.1) is 11.6 Å². The van der Waals surface area contributed by atoms with Gasteiger partial charge in [0.2, 0.25) is 0 Å². The van der Waals surface area contributed by atoms with Gasteiger partial charge in [-0.05, 0) is 85.6 Å². The predicted molar refractivity (Wildman–Crippen MR) is 183 cm³/mol. The normalized spacial score (nSPS) is 12.5. The Morgan fingerprint density at radius 2 is 0.870 bits per heavy atom. The fraction of sp³-hybridized carbons (Fsp3) is 0.176. The predicted octanol–water partition coefficient (Wildman–Crippen LogP) is 6.42. The van der Waals surface area contributed by atoms with Crippen molar-refractivity contribution in [2.24, 2.45) is 14.1 Å². The fourth-order valence-electron chi connectivity index (χ4n) is 5.35. The van der Waals surface area contributed by atoms with Gasteiger partial charge < -0.3 is 0 Å². The first kappa shape index (κ1) is 33.0. The van der Waals surface area contributed by atoms with Gasteiger partial charge in [-0.25, -0.2) is 18.4 Å². The summed E-state index contributed by atoms with van der Waals surface area (Å²) in [7, 11) is 3.07. The Labute approximate surface area is 278 Å². The zero-order chi connectivity index (χ0) is 33.4. The summed E-state index contributed by atoms with van der Waals surface area (Å²) in [5.41, 5.74) is 0.491. The van der Waals surface area contributed by atoms with Gasteiger partial charge in [-0.1, -0.05) is 56.1 Å². The van der Waals surface area contributed by atoms with E-state index in [9.17, 15) is 28.0 Å². The number of aryl methyl sites for hydroxylation is 2. The van der Waals surface area contributed by atoms with Gasteiger partial charge in [0, 0.05) is 23.0 Å². The summed E-state index contributed by atoms with van der Waals surface area (Å²) in [5, 5.41) is 0.634. The molecule has 0 aliphatic heterocycles. The number of aromatic nitrogens is 4. The zero-order valence-electron chi connectivity index (χ0n) is 25.2. The van der Waals surface area contributed by atoms with Gasteiger partial charge in [0.1, 0.15) is 11.6 Å². The van der Waals surface area contributed by atoms with Crippen LogP contribution in [0.4, 0.5) is 8.78 Å². The highest BCUT2D eigenvalue weighted by Crippen LogP contribution is 2.21. The highest BCUT2D eigenvalue weighted by molar-refractivity contribution is 9.10. The van der Waals surface area contributed by atoms with E-state index >= 15 is 0 Å². The molecule has 0 aliphatic carbocycles. The van der Waals surface area contributed by atoms with Crippen molar-refractivity contribution in [2.45, 2.75) is 25.9 Å². The van der Waals surface area contributed by atoms with E-state index in [4.69, 9.17) is 0 Å². The molecule has 12 heteroatoms. The van der Waals surface area contributed by atoms with Crippen LogP contribution in [0.15, 0.2) is 113 Å². The van der Waals surface area contributed by atoms with Crippen LogP contribution in [0.25, 0.3) is 21.8 Å². The van der Waals surface area contributed by atoms with E-state index in [1.807, 2.05) is 48.5 Å². The van der Waals surface area contributed by atoms with Gasteiger partial charge in [0.25, 0.3) is 11.1 Å². The molecule has 0 bridgehead atoms. The lowest BCUT2D eigenvalue weighted by molar-refractivity contribution is 0.559. The van der Waals surface area contributed by atoms with E-state index in [2.05, 4.69) is 31.9 Å². The van der Waals surface area contributed by atoms with Crippen LogP contribution in [0.5, 0.6) is 0 Å². The Morgan fingerprint density at radius 1 is 0.543 bits per heavy atom. The molecule has 6 aromatic rings. The summed E-state index contributed by atoms with van der Waals surface area (Å²) in [4.78, 5) is 50.6. The molecule has 0 spiro atoms. The third-order valence-electron chi connectivity index (χ3n) is 8.01. The highest BCUT2D eigenvalue weighted by atomic mass is 79.9. The average Bonchev–Trinajstić information content (AvgIpc) is 3.03. The van der Waals surface area contributed by atoms with E-state index in [-0.39, 0.29) is 0 Å². The van der Waals surface area contributed by atoms with E-state index in [1.54, 1.807) is 13.8 Å². The van der Waals surface area contributed by atoms with E-state index in [0.717, 1.165) is 20.1 Å². The van der Waals surface area contributed by atoms with Crippen LogP contribution in [-0.2, 0) is 14.1 Å². The van der Waals surface area contributed by atoms with E-state index in [1.165, 1.54) is 68.8 Å². The van der Waals surface area contributed by atoms with Gasteiger partial charge in [0.05, 0.1) is 33.9 Å². The molecule has 6 rings (SSSR count). The van der Waals surface area contributed by atoms with Crippen molar-refractivity contribution in [1.82, 2.24) is 18.3 Å². The molecule has 0 saturated heterocycles. The minimum atomic E-state index is -0.481. The first-order chi connectivity index (χ1) is 21.8. The second-order valence-electron chi connectivity index (χ2n) is 10.8. The fourth-order valence-corrected chi connectivity index (χ4v) is 5.88. The van der Waals surface area contributed by atoms with Crippen LogP contribution in [0.2, 0.25) is 0 Å². The number of hydrogen-bond acceptors (Lipinski definition) is 4. The minimum Gasteiger partial charge on any atom is -0.296 e. The smallest absolute Gasteiger partial charge is 0.296 e. The molecule has 0 saturated carbocycles. The van der Waals surface area contributed by atoms with Crippen LogP contribution in [-0.4, -0.2) is 18.3 Å². The highest BCUT2D eigenvalue weighted by Gasteiger charge is 2.19. The molecule has 46 heavy (non-hydrogen) atoms. The summed E-state index contributed by atoms with van der Waals surface area (Å²) in [6, 6.07) is 21.7. The van der Waals surface area contributed by atoms with Gasteiger partial charge >= 0.3 is 11.4 Å².